The molecule has 0 unspecified atom stereocenters. The van der Waals surface area contributed by atoms with Gasteiger partial charge in [0.25, 0.3) is 5.56 Å². The third-order valence-electron chi connectivity index (χ3n) is 6.48. The van der Waals surface area contributed by atoms with Gasteiger partial charge in [-0.3, -0.25) is 14.2 Å². The summed E-state index contributed by atoms with van der Waals surface area (Å²) in [7, 11) is 0. The molecule has 32 heavy (non-hydrogen) atoms. The second-order valence-corrected chi connectivity index (χ2v) is 9.05. The van der Waals surface area contributed by atoms with Crippen molar-refractivity contribution in [3.8, 4) is 0 Å². The normalized spacial score (nSPS) is 16.7. The summed E-state index contributed by atoms with van der Waals surface area (Å²) in [6.07, 6.45) is 3.81. The molecule has 4 aromatic rings. The molecule has 0 bridgehead atoms. The average molecular weight is 429 g/mol. The standard InChI is InChI=1S/C26H28N4O2/c1-18-10-11-22-21(13-18)24-25(30(22)16-23(31)28-12-6-7-19(2)14-28)26(32)29(17-27-24)15-20-8-4-3-5-9-20/h3-5,8-11,13,17,19H,6-7,12,14-16H2,1-2H3/t19-/m0/s1. The summed E-state index contributed by atoms with van der Waals surface area (Å²) in [5.74, 6) is 0.576. The number of hydrogen-bond acceptors (Lipinski definition) is 3. The van der Waals surface area contributed by atoms with E-state index in [9.17, 15) is 9.59 Å². The Morgan fingerprint density at radius 1 is 1.16 bits per heavy atom. The maximum atomic E-state index is 13.6. The quantitative estimate of drug-likeness (QED) is 0.494. The zero-order valence-corrected chi connectivity index (χ0v) is 18.6. The summed E-state index contributed by atoms with van der Waals surface area (Å²) in [5.41, 5.74) is 4.06. The molecule has 0 N–H and O–H groups in total. The fourth-order valence-corrected chi connectivity index (χ4v) is 4.82. The summed E-state index contributed by atoms with van der Waals surface area (Å²) in [6, 6.07) is 16.0. The van der Waals surface area contributed by atoms with Crippen LogP contribution >= 0.6 is 0 Å². The first-order chi connectivity index (χ1) is 15.5. The molecule has 1 amide bonds. The number of benzene rings is 2. The molecular weight excluding hydrogens is 400 g/mol. The Balaban J connectivity index is 1.62. The van der Waals surface area contributed by atoms with Crippen molar-refractivity contribution in [2.45, 2.75) is 39.8 Å². The minimum atomic E-state index is -0.118. The number of carbonyl (C=O) groups excluding carboxylic acids is 1. The molecule has 1 aliphatic rings. The van der Waals surface area contributed by atoms with Crippen LogP contribution in [0.25, 0.3) is 21.9 Å². The molecule has 1 atom stereocenters. The van der Waals surface area contributed by atoms with E-state index in [1.807, 2.05) is 58.9 Å². The second-order valence-electron chi connectivity index (χ2n) is 9.05. The van der Waals surface area contributed by atoms with E-state index in [4.69, 9.17) is 0 Å². The Hall–Kier alpha value is -3.41. The number of carbonyl (C=O) groups is 1. The maximum Gasteiger partial charge on any atom is 0.278 e. The molecule has 5 rings (SSSR count). The number of rotatable bonds is 4. The van der Waals surface area contributed by atoms with Crippen molar-refractivity contribution in [3.63, 3.8) is 0 Å². The van der Waals surface area contributed by atoms with Crippen molar-refractivity contribution >= 4 is 27.8 Å². The minimum absolute atomic E-state index is 0.0637. The lowest BCUT2D eigenvalue weighted by atomic mass is 10.0. The Kier molecular flexibility index (Phi) is 5.29. The van der Waals surface area contributed by atoms with E-state index in [2.05, 4.69) is 18.0 Å². The monoisotopic (exact) mass is 428 g/mol. The number of aryl methyl sites for hydroxylation is 1. The van der Waals surface area contributed by atoms with Crippen molar-refractivity contribution < 1.29 is 4.79 Å². The van der Waals surface area contributed by atoms with Gasteiger partial charge >= 0.3 is 0 Å². The van der Waals surface area contributed by atoms with Gasteiger partial charge in [0.05, 0.1) is 18.4 Å². The summed E-state index contributed by atoms with van der Waals surface area (Å²) >= 11 is 0. The highest BCUT2D eigenvalue weighted by atomic mass is 16.2. The van der Waals surface area contributed by atoms with Gasteiger partial charge in [0, 0.05) is 18.5 Å². The van der Waals surface area contributed by atoms with E-state index < -0.39 is 0 Å². The lowest BCUT2D eigenvalue weighted by Gasteiger charge is -2.31. The Bertz CT molecular complexity index is 1350. The maximum absolute atomic E-state index is 13.6. The number of aromatic nitrogens is 3. The highest BCUT2D eigenvalue weighted by molar-refractivity contribution is 6.06. The van der Waals surface area contributed by atoms with E-state index in [-0.39, 0.29) is 18.0 Å². The van der Waals surface area contributed by atoms with Crippen molar-refractivity contribution in [1.82, 2.24) is 19.0 Å². The molecule has 3 heterocycles. The summed E-state index contributed by atoms with van der Waals surface area (Å²) in [5, 5.41) is 0.920. The highest BCUT2D eigenvalue weighted by Crippen LogP contribution is 2.27. The molecule has 0 saturated carbocycles. The van der Waals surface area contributed by atoms with Crippen LogP contribution in [0.15, 0.2) is 59.7 Å². The molecule has 2 aromatic carbocycles. The number of fused-ring (bicyclic) bond motifs is 3. The predicted molar refractivity (Wildman–Crippen MR) is 127 cm³/mol. The van der Waals surface area contributed by atoms with Crippen LogP contribution in [0.5, 0.6) is 0 Å². The van der Waals surface area contributed by atoms with E-state index in [1.54, 1.807) is 10.9 Å². The third-order valence-corrected chi connectivity index (χ3v) is 6.48. The van der Waals surface area contributed by atoms with Gasteiger partial charge in [-0.05, 0) is 43.4 Å². The van der Waals surface area contributed by atoms with Crippen molar-refractivity contribution in [1.29, 1.82) is 0 Å². The Labute approximate surface area is 187 Å². The number of amides is 1. The molecule has 2 aromatic heterocycles. The van der Waals surface area contributed by atoms with Crippen molar-refractivity contribution in [2.24, 2.45) is 5.92 Å². The van der Waals surface area contributed by atoms with Gasteiger partial charge < -0.3 is 9.47 Å². The lowest BCUT2D eigenvalue weighted by molar-refractivity contribution is -0.133. The van der Waals surface area contributed by atoms with Crippen LogP contribution in [-0.4, -0.2) is 38.0 Å². The summed E-state index contributed by atoms with van der Waals surface area (Å²) in [6.45, 7) is 6.39. The molecule has 0 spiro atoms. The first-order valence-electron chi connectivity index (χ1n) is 11.3. The zero-order valence-electron chi connectivity index (χ0n) is 18.6. The SMILES string of the molecule is Cc1ccc2c(c1)c1ncn(Cc3ccccc3)c(=O)c1n2CC(=O)N1CCC[C@H](C)C1. The van der Waals surface area contributed by atoms with Crippen LogP contribution in [0.2, 0.25) is 0 Å². The van der Waals surface area contributed by atoms with Crippen molar-refractivity contribution in [3.05, 3.63) is 76.3 Å². The molecule has 1 fully saturated rings. The summed E-state index contributed by atoms with van der Waals surface area (Å²) in [4.78, 5) is 33.4. The zero-order chi connectivity index (χ0) is 22.2. The Morgan fingerprint density at radius 2 is 1.97 bits per heavy atom. The molecular formula is C26H28N4O2. The van der Waals surface area contributed by atoms with Crippen LogP contribution in [0, 0.1) is 12.8 Å². The second kappa shape index (κ2) is 8.26. The van der Waals surface area contributed by atoms with Gasteiger partial charge in [0.15, 0.2) is 0 Å². The number of piperidine rings is 1. The van der Waals surface area contributed by atoms with Gasteiger partial charge in [-0.15, -0.1) is 0 Å². The van der Waals surface area contributed by atoms with Gasteiger partial charge in [0.2, 0.25) is 5.91 Å². The van der Waals surface area contributed by atoms with Crippen LogP contribution in [0.1, 0.15) is 30.9 Å². The fraction of sp³-hybridized carbons (Fsp3) is 0.346. The molecule has 1 saturated heterocycles. The van der Waals surface area contributed by atoms with Gasteiger partial charge in [-0.25, -0.2) is 4.98 Å². The van der Waals surface area contributed by atoms with Crippen LogP contribution in [-0.2, 0) is 17.9 Å². The average Bonchev–Trinajstić information content (AvgIpc) is 3.09. The lowest BCUT2D eigenvalue weighted by Crippen LogP contribution is -2.41. The topological polar surface area (TPSA) is 60.1 Å². The molecule has 0 aliphatic carbocycles. The molecule has 164 valence electrons. The van der Waals surface area contributed by atoms with E-state index in [0.29, 0.717) is 23.5 Å². The molecule has 6 nitrogen and oxygen atoms in total. The van der Waals surface area contributed by atoms with Gasteiger partial charge in [-0.1, -0.05) is 48.9 Å². The smallest absolute Gasteiger partial charge is 0.278 e. The summed E-state index contributed by atoms with van der Waals surface area (Å²) < 4.78 is 3.51. The minimum Gasteiger partial charge on any atom is -0.341 e. The van der Waals surface area contributed by atoms with Crippen LogP contribution in [0.3, 0.4) is 0 Å². The number of likely N-dealkylation sites (tertiary alicyclic amines) is 1. The molecule has 1 aliphatic heterocycles. The van der Waals surface area contributed by atoms with Crippen LogP contribution in [0.4, 0.5) is 0 Å². The van der Waals surface area contributed by atoms with Crippen molar-refractivity contribution in [2.75, 3.05) is 13.1 Å². The Morgan fingerprint density at radius 3 is 2.75 bits per heavy atom. The molecule has 6 heteroatoms. The molecule has 0 radical (unpaired) electrons. The largest absolute Gasteiger partial charge is 0.341 e. The van der Waals surface area contributed by atoms with E-state index in [0.717, 1.165) is 48.0 Å². The number of hydrogen-bond donors (Lipinski definition) is 0. The van der Waals surface area contributed by atoms with Gasteiger partial charge in [-0.2, -0.15) is 0 Å². The highest BCUT2D eigenvalue weighted by Gasteiger charge is 2.24. The first-order valence-corrected chi connectivity index (χ1v) is 11.3. The number of nitrogens with zero attached hydrogens (tertiary/aromatic N) is 4. The third kappa shape index (κ3) is 3.70. The first kappa shape index (κ1) is 20.5. The fourth-order valence-electron chi connectivity index (χ4n) is 4.82. The van der Waals surface area contributed by atoms with E-state index >= 15 is 0 Å². The van der Waals surface area contributed by atoms with Gasteiger partial charge in [0.1, 0.15) is 17.6 Å². The van der Waals surface area contributed by atoms with Crippen LogP contribution < -0.4 is 5.56 Å². The predicted octanol–water partition coefficient (Wildman–Crippen LogP) is 3.97. The van der Waals surface area contributed by atoms with E-state index in [1.165, 1.54) is 0 Å².